The van der Waals surface area contributed by atoms with Crippen LogP contribution in [0.15, 0.2) is 60.7 Å². The van der Waals surface area contributed by atoms with Crippen molar-refractivity contribution in [3.8, 4) is 10.6 Å². The maximum absolute atomic E-state index is 13.0. The number of likely N-dealkylation sites (tertiary alicyclic amines) is 1. The van der Waals surface area contributed by atoms with E-state index in [1.807, 2.05) is 77.4 Å². The molecular weight excluding hydrogens is 446 g/mol. The van der Waals surface area contributed by atoms with Crippen LogP contribution in [0.25, 0.3) is 10.6 Å². The van der Waals surface area contributed by atoms with E-state index in [9.17, 15) is 9.59 Å². The molecule has 3 aromatic rings. The van der Waals surface area contributed by atoms with Crippen molar-refractivity contribution in [2.24, 2.45) is 0 Å². The molecule has 34 heavy (non-hydrogen) atoms. The second-order valence-corrected chi connectivity index (χ2v) is 10.2. The molecule has 2 amide bonds. The van der Waals surface area contributed by atoms with Gasteiger partial charge in [0.2, 0.25) is 5.91 Å². The van der Waals surface area contributed by atoms with Crippen LogP contribution in [-0.2, 0) is 16.0 Å². The third-order valence-corrected chi connectivity index (χ3v) is 7.95. The van der Waals surface area contributed by atoms with Gasteiger partial charge in [0, 0.05) is 29.6 Å². The van der Waals surface area contributed by atoms with Gasteiger partial charge in [-0.05, 0) is 32.3 Å². The van der Waals surface area contributed by atoms with Crippen molar-refractivity contribution in [2.75, 3.05) is 13.1 Å². The zero-order valence-electron chi connectivity index (χ0n) is 19.5. The summed E-state index contributed by atoms with van der Waals surface area (Å²) in [7, 11) is 0. The largest absolute Gasteiger partial charge is 0.439 e. The van der Waals surface area contributed by atoms with Gasteiger partial charge in [-0.3, -0.25) is 9.69 Å². The second kappa shape index (κ2) is 9.58. The van der Waals surface area contributed by atoms with Gasteiger partial charge in [0.15, 0.2) is 0 Å². The van der Waals surface area contributed by atoms with E-state index in [-0.39, 0.29) is 30.2 Å². The van der Waals surface area contributed by atoms with Gasteiger partial charge < -0.3 is 9.64 Å². The Morgan fingerprint density at radius 1 is 1.06 bits per heavy atom. The molecule has 1 aromatic heterocycles. The first kappa shape index (κ1) is 22.6. The maximum atomic E-state index is 13.0. The van der Waals surface area contributed by atoms with Gasteiger partial charge in [-0.15, -0.1) is 11.3 Å². The number of amides is 2. The summed E-state index contributed by atoms with van der Waals surface area (Å²) in [5, 5.41) is 0.953. The monoisotopic (exact) mass is 475 g/mol. The van der Waals surface area contributed by atoms with E-state index in [1.165, 1.54) is 0 Å². The van der Waals surface area contributed by atoms with Crippen LogP contribution in [0.1, 0.15) is 42.0 Å². The summed E-state index contributed by atoms with van der Waals surface area (Å²) in [6.07, 6.45) is 1.34. The van der Waals surface area contributed by atoms with Crippen molar-refractivity contribution >= 4 is 23.3 Å². The standard InChI is InChI=1S/C27H29N3O3S/c1-18-25(20-9-5-3-6-10-20)33-27(32)30(18)22-13-15-29(16-14-22)24(31)17-23-19(2)34-26(28-23)21-11-7-4-8-12-21/h3-12,18,22,25H,13-17H2,1-2H3. The zero-order valence-corrected chi connectivity index (χ0v) is 20.3. The Morgan fingerprint density at radius 2 is 1.71 bits per heavy atom. The topological polar surface area (TPSA) is 62.7 Å². The molecule has 2 aliphatic heterocycles. The molecule has 0 N–H and O–H groups in total. The van der Waals surface area contributed by atoms with Gasteiger partial charge in [0.1, 0.15) is 11.1 Å². The fourth-order valence-electron chi connectivity index (χ4n) is 5.00. The lowest BCUT2D eigenvalue weighted by atomic mass is 9.98. The highest BCUT2D eigenvalue weighted by atomic mass is 32.1. The van der Waals surface area contributed by atoms with E-state index in [0.717, 1.165) is 39.5 Å². The van der Waals surface area contributed by atoms with E-state index < -0.39 is 0 Å². The zero-order chi connectivity index (χ0) is 23.7. The number of aryl methyl sites for hydroxylation is 1. The minimum atomic E-state index is -0.252. The average Bonchev–Trinajstić information content (AvgIpc) is 3.38. The normalized spacial score (nSPS) is 21.1. The van der Waals surface area contributed by atoms with E-state index >= 15 is 0 Å². The van der Waals surface area contributed by atoms with Gasteiger partial charge >= 0.3 is 6.09 Å². The summed E-state index contributed by atoms with van der Waals surface area (Å²) >= 11 is 1.63. The minimum absolute atomic E-state index is 0.0313. The second-order valence-electron chi connectivity index (χ2n) is 9.04. The summed E-state index contributed by atoms with van der Waals surface area (Å²) < 4.78 is 5.73. The highest BCUT2D eigenvalue weighted by Gasteiger charge is 2.44. The Balaban J connectivity index is 1.19. The Morgan fingerprint density at radius 3 is 2.38 bits per heavy atom. The first-order chi connectivity index (χ1) is 16.5. The molecule has 0 spiro atoms. The summed E-state index contributed by atoms with van der Waals surface area (Å²) in [5.41, 5.74) is 2.96. The molecule has 7 heteroatoms. The number of thiazole rings is 1. The van der Waals surface area contributed by atoms with Crippen molar-refractivity contribution in [3.05, 3.63) is 76.8 Å². The predicted molar refractivity (Wildman–Crippen MR) is 133 cm³/mol. The molecule has 0 radical (unpaired) electrons. The molecule has 0 aliphatic carbocycles. The van der Waals surface area contributed by atoms with Gasteiger partial charge in [-0.2, -0.15) is 0 Å². The lowest BCUT2D eigenvalue weighted by Crippen LogP contribution is -2.49. The third-order valence-electron chi connectivity index (χ3n) is 6.89. The van der Waals surface area contributed by atoms with Crippen LogP contribution in [0, 0.1) is 6.92 Å². The quantitative estimate of drug-likeness (QED) is 0.507. The number of carbonyl (C=O) groups is 2. The van der Waals surface area contributed by atoms with Crippen LogP contribution in [0.3, 0.4) is 0 Å². The highest BCUT2D eigenvalue weighted by Crippen LogP contribution is 2.36. The molecular formula is C27H29N3O3S. The minimum Gasteiger partial charge on any atom is -0.439 e. The highest BCUT2D eigenvalue weighted by molar-refractivity contribution is 7.15. The van der Waals surface area contributed by atoms with E-state index in [4.69, 9.17) is 9.72 Å². The Labute approximate surface area is 204 Å². The van der Waals surface area contributed by atoms with Gasteiger partial charge in [-0.25, -0.2) is 9.78 Å². The number of cyclic esters (lactones) is 1. The van der Waals surface area contributed by atoms with Crippen LogP contribution in [0.2, 0.25) is 0 Å². The fourth-order valence-corrected chi connectivity index (χ4v) is 5.93. The Bertz CT molecular complexity index is 1160. The molecule has 2 unspecified atom stereocenters. The number of hydrogen-bond acceptors (Lipinski definition) is 5. The number of piperidine rings is 1. The SMILES string of the molecule is Cc1sc(-c2ccccc2)nc1CC(=O)N1CCC(N2C(=O)OC(c3ccccc3)C2C)CC1. The number of ether oxygens (including phenoxy) is 1. The molecule has 2 aromatic carbocycles. The molecule has 6 nitrogen and oxygen atoms in total. The van der Waals surface area contributed by atoms with E-state index in [1.54, 1.807) is 11.3 Å². The van der Waals surface area contributed by atoms with Crippen molar-refractivity contribution in [1.82, 2.24) is 14.8 Å². The van der Waals surface area contributed by atoms with Gasteiger partial charge in [0.25, 0.3) is 0 Å². The summed E-state index contributed by atoms with van der Waals surface area (Å²) in [6.45, 7) is 5.37. The first-order valence-corrected chi connectivity index (χ1v) is 12.7. The Kier molecular flexibility index (Phi) is 6.37. The van der Waals surface area contributed by atoms with Crippen molar-refractivity contribution < 1.29 is 14.3 Å². The smallest absolute Gasteiger partial charge is 0.411 e. The summed E-state index contributed by atoms with van der Waals surface area (Å²) in [5.74, 6) is 0.102. The predicted octanol–water partition coefficient (Wildman–Crippen LogP) is 5.23. The molecule has 2 atom stereocenters. The van der Waals surface area contributed by atoms with Crippen LogP contribution >= 0.6 is 11.3 Å². The number of rotatable bonds is 5. The van der Waals surface area contributed by atoms with Gasteiger partial charge in [0.05, 0.1) is 18.2 Å². The average molecular weight is 476 g/mol. The molecule has 0 bridgehead atoms. The maximum Gasteiger partial charge on any atom is 0.411 e. The first-order valence-electron chi connectivity index (χ1n) is 11.8. The van der Waals surface area contributed by atoms with Crippen LogP contribution < -0.4 is 0 Å². The Hall–Kier alpha value is -3.19. The van der Waals surface area contributed by atoms with Crippen molar-refractivity contribution in [3.63, 3.8) is 0 Å². The molecule has 5 rings (SSSR count). The third kappa shape index (κ3) is 4.44. The van der Waals surface area contributed by atoms with E-state index in [2.05, 4.69) is 6.92 Å². The van der Waals surface area contributed by atoms with Crippen LogP contribution in [-0.4, -0.2) is 52.0 Å². The number of carbonyl (C=O) groups excluding carboxylic acids is 2. The number of benzene rings is 2. The van der Waals surface area contributed by atoms with Crippen LogP contribution in [0.5, 0.6) is 0 Å². The fraction of sp³-hybridized carbons (Fsp3) is 0.370. The molecule has 2 aliphatic rings. The van der Waals surface area contributed by atoms with E-state index in [0.29, 0.717) is 19.5 Å². The number of nitrogens with zero attached hydrogens (tertiary/aromatic N) is 3. The molecule has 2 fully saturated rings. The molecule has 0 saturated carbocycles. The van der Waals surface area contributed by atoms with Crippen molar-refractivity contribution in [1.29, 1.82) is 0 Å². The molecule has 2 saturated heterocycles. The lowest BCUT2D eigenvalue weighted by Gasteiger charge is -2.37. The summed E-state index contributed by atoms with van der Waals surface area (Å²) in [6, 6.07) is 20.0. The molecule has 3 heterocycles. The lowest BCUT2D eigenvalue weighted by molar-refractivity contribution is -0.132. The summed E-state index contributed by atoms with van der Waals surface area (Å²) in [4.78, 5) is 35.4. The molecule has 176 valence electrons. The van der Waals surface area contributed by atoms with Crippen LogP contribution in [0.4, 0.5) is 4.79 Å². The van der Waals surface area contributed by atoms with Gasteiger partial charge in [-0.1, -0.05) is 60.7 Å². The van der Waals surface area contributed by atoms with Crippen molar-refractivity contribution in [2.45, 2.75) is 51.3 Å². The number of aromatic nitrogens is 1. The number of hydrogen-bond donors (Lipinski definition) is 0.